The van der Waals surface area contributed by atoms with Crippen molar-refractivity contribution in [2.24, 2.45) is 9.98 Å². The topological polar surface area (TPSA) is 79.7 Å². The summed E-state index contributed by atoms with van der Waals surface area (Å²) in [5.74, 6) is -1.19. The van der Waals surface area contributed by atoms with Crippen LogP contribution >= 0.6 is 0 Å². The van der Waals surface area contributed by atoms with Gasteiger partial charge in [-0.3, -0.25) is 19.3 Å². The molecule has 0 unspecified atom stereocenters. The second kappa shape index (κ2) is 12.6. The predicted octanol–water partition coefficient (Wildman–Crippen LogP) is 5.31. The first-order valence-electron chi connectivity index (χ1n) is 10.7. The number of hydrogen-bond acceptors (Lipinski definition) is 5. The Hall–Kier alpha value is -3.44. The number of halogens is 2. The standard InChI is InChI=1S/C25H28F2N4O2/c1-5-8-23(27)22(12-28)20(7-3)21-11-17-13-30-14-18(26)9-10-33-16-24(17)31(25(21)32)19(6-2)15-29-4/h6,8-9,11,14-15H,5,7,10,13,16H2,1-4H3/b18-9+,19-6+,22-20+,23-8+,29-15?,30-14?. The third-order valence-corrected chi connectivity index (χ3v) is 5.03. The van der Waals surface area contributed by atoms with E-state index in [1.54, 1.807) is 40.0 Å². The molecular weight excluding hydrogens is 426 g/mol. The second-order valence-electron chi connectivity index (χ2n) is 7.12. The fraction of sp³-hybridized carbons (Fsp3) is 0.360. The van der Waals surface area contributed by atoms with E-state index in [2.05, 4.69) is 9.98 Å². The highest BCUT2D eigenvalue weighted by molar-refractivity contribution is 6.02. The summed E-state index contributed by atoms with van der Waals surface area (Å²) in [7, 11) is 1.59. The van der Waals surface area contributed by atoms with Gasteiger partial charge in [-0.25, -0.2) is 8.78 Å². The molecule has 8 heteroatoms. The summed E-state index contributed by atoms with van der Waals surface area (Å²) in [6, 6.07) is 3.51. The molecule has 0 aliphatic carbocycles. The maximum Gasteiger partial charge on any atom is 0.263 e. The van der Waals surface area contributed by atoms with Crippen LogP contribution in [0.15, 0.2) is 56.3 Å². The largest absolute Gasteiger partial charge is 0.371 e. The van der Waals surface area contributed by atoms with E-state index >= 15 is 0 Å². The fourth-order valence-electron chi connectivity index (χ4n) is 3.51. The van der Waals surface area contributed by atoms with Crippen LogP contribution in [0.4, 0.5) is 8.78 Å². The lowest BCUT2D eigenvalue weighted by molar-refractivity contribution is 0.142. The lowest BCUT2D eigenvalue weighted by Gasteiger charge is -2.20. The summed E-state index contributed by atoms with van der Waals surface area (Å²) >= 11 is 0. The maximum atomic E-state index is 14.7. The molecule has 6 nitrogen and oxygen atoms in total. The van der Waals surface area contributed by atoms with E-state index in [0.717, 1.165) is 6.21 Å². The Kier molecular flexibility index (Phi) is 9.83. The molecule has 0 bridgehead atoms. The molecule has 0 fully saturated rings. The molecule has 2 heterocycles. The molecule has 1 aliphatic rings. The van der Waals surface area contributed by atoms with Crippen LogP contribution in [-0.4, -0.2) is 30.7 Å². The average Bonchev–Trinajstić information content (AvgIpc) is 2.80. The number of aliphatic imine (C=N–C) groups is 2. The van der Waals surface area contributed by atoms with Crippen LogP contribution in [0, 0.1) is 11.3 Å². The van der Waals surface area contributed by atoms with E-state index in [9.17, 15) is 18.8 Å². The van der Waals surface area contributed by atoms with E-state index in [1.807, 2.05) is 6.07 Å². The SMILES string of the molecule is C/C=C(\C=NC)n1c2c(cc(/C(CC)=C(C#N)/C(F)=C\CC)c1=O)CN=C/C(F)=C\COC2. The Balaban J connectivity index is 2.97. The van der Waals surface area contributed by atoms with Gasteiger partial charge in [0.2, 0.25) is 0 Å². The Morgan fingerprint density at radius 1 is 1.42 bits per heavy atom. The van der Waals surface area contributed by atoms with Crippen molar-refractivity contribution in [2.45, 2.75) is 46.8 Å². The maximum absolute atomic E-state index is 14.7. The normalized spacial score (nSPS) is 17.8. The molecular formula is C25H28F2N4O2. The molecule has 0 N–H and O–H groups in total. The van der Waals surface area contributed by atoms with Crippen molar-refractivity contribution in [1.29, 1.82) is 5.26 Å². The van der Waals surface area contributed by atoms with Crippen LogP contribution in [0.25, 0.3) is 11.3 Å². The van der Waals surface area contributed by atoms with Crippen molar-refractivity contribution in [1.82, 2.24) is 4.57 Å². The van der Waals surface area contributed by atoms with E-state index in [4.69, 9.17) is 4.74 Å². The monoisotopic (exact) mass is 454 g/mol. The number of aromatic nitrogens is 1. The molecule has 1 aromatic rings. The highest BCUT2D eigenvalue weighted by atomic mass is 19.1. The number of ether oxygens (including phenoxy) is 1. The predicted molar refractivity (Wildman–Crippen MR) is 128 cm³/mol. The Morgan fingerprint density at radius 3 is 2.79 bits per heavy atom. The van der Waals surface area contributed by atoms with Crippen molar-refractivity contribution >= 4 is 23.7 Å². The van der Waals surface area contributed by atoms with E-state index in [1.165, 1.54) is 22.9 Å². The molecule has 1 aliphatic heterocycles. The van der Waals surface area contributed by atoms with Crippen molar-refractivity contribution in [3.05, 3.63) is 68.7 Å². The minimum atomic E-state index is -0.669. The molecule has 1 aromatic heterocycles. The molecule has 0 radical (unpaired) electrons. The van der Waals surface area contributed by atoms with Gasteiger partial charge in [0.15, 0.2) is 0 Å². The van der Waals surface area contributed by atoms with Crippen LogP contribution in [0.2, 0.25) is 0 Å². The summed E-state index contributed by atoms with van der Waals surface area (Å²) < 4.78 is 35.5. The third-order valence-electron chi connectivity index (χ3n) is 5.03. The van der Waals surface area contributed by atoms with Gasteiger partial charge in [0.1, 0.15) is 17.7 Å². The average molecular weight is 455 g/mol. The molecule has 2 rings (SSSR count). The summed E-state index contributed by atoms with van der Waals surface area (Å²) in [4.78, 5) is 21.9. The van der Waals surface area contributed by atoms with Crippen LogP contribution in [0.3, 0.4) is 0 Å². The van der Waals surface area contributed by atoms with Crippen LogP contribution in [0.5, 0.6) is 0 Å². The van der Waals surface area contributed by atoms with Crippen LogP contribution in [0.1, 0.15) is 50.4 Å². The Bertz CT molecular complexity index is 1160. The van der Waals surface area contributed by atoms with Gasteiger partial charge in [-0.05, 0) is 49.1 Å². The van der Waals surface area contributed by atoms with Gasteiger partial charge in [-0.15, -0.1) is 0 Å². The van der Waals surface area contributed by atoms with Crippen LogP contribution in [-0.2, 0) is 17.9 Å². The Labute approximate surface area is 192 Å². The van der Waals surface area contributed by atoms with E-state index in [-0.39, 0.29) is 37.3 Å². The second-order valence-corrected chi connectivity index (χ2v) is 7.12. The highest BCUT2D eigenvalue weighted by Crippen LogP contribution is 2.28. The van der Waals surface area contributed by atoms with E-state index in [0.29, 0.717) is 28.9 Å². The number of pyridine rings is 1. The minimum absolute atomic E-state index is 0.00594. The lowest BCUT2D eigenvalue weighted by Crippen LogP contribution is -2.29. The van der Waals surface area contributed by atoms with Gasteiger partial charge < -0.3 is 4.74 Å². The molecule has 174 valence electrons. The zero-order chi connectivity index (χ0) is 24.4. The molecule has 0 saturated heterocycles. The van der Waals surface area contributed by atoms with Crippen molar-refractivity contribution < 1.29 is 13.5 Å². The van der Waals surface area contributed by atoms with Gasteiger partial charge in [-0.2, -0.15) is 5.26 Å². The number of allylic oxidation sites excluding steroid dienone is 7. The molecule has 0 saturated carbocycles. The summed E-state index contributed by atoms with van der Waals surface area (Å²) in [6.07, 6.45) is 7.58. The molecule has 0 aromatic carbocycles. The lowest BCUT2D eigenvalue weighted by atomic mass is 9.95. The number of hydrogen-bond donors (Lipinski definition) is 0. The summed E-state index contributed by atoms with van der Waals surface area (Å²) in [5, 5.41) is 9.68. The number of rotatable bonds is 6. The zero-order valence-corrected chi connectivity index (χ0v) is 19.4. The third kappa shape index (κ3) is 6.08. The zero-order valence-electron chi connectivity index (χ0n) is 19.4. The molecule has 33 heavy (non-hydrogen) atoms. The van der Waals surface area contributed by atoms with Gasteiger partial charge in [0.05, 0.1) is 42.9 Å². The molecule has 0 spiro atoms. The minimum Gasteiger partial charge on any atom is -0.371 e. The first-order chi connectivity index (χ1) is 15.9. The van der Waals surface area contributed by atoms with Crippen molar-refractivity contribution in [3.8, 4) is 6.07 Å². The van der Waals surface area contributed by atoms with Gasteiger partial charge in [-0.1, -0.05) is 19.9 Å². The Morgan fingerprint density at radius 2 is 2.18 bits per heavy atom. The summed E-state index contributed by atoms with van der Waals surface area (Å²) in [6.45, 7) is 5.39. The quantitative estimate of drug-likeness (QED) is 0.332. The first kappa shape index (κ1) is 25.8. The van der Waals surface area contributed by atoms with Gasteiger partial charge in [0.25, 0.3) is 5.56 Å². The van der Waals surface area contributed by atoms with Gasteiger partial charge >= 0.3 is 0 Å². The summed E-state index contributed by atoms with van der Waals surface area (Å²) in [5.41, 5.74) is 1.48. The first-order valence-corrected chi connectivity index (χ1v) is 10.7. The fourth-order valence-corrected chi connectivity index (χ4v) is 3.51. The number of nitriles is 1. The smallest absolute Gasteiger partial charge is 0.263 e. The number of fused-ring (bicyclic) bond motifs is 1. The van der Waals surface area contributed by atoms with Crippen molar-refractivity contribution in [2.75, 3.05) is 13.7 Å². The highest BCUT2D eigenvalue weighted by Gasteiger charge is 2.22. The van der Waals surface area contributed by atoms with Gasteiger partial charge in [0, 0.05) is 18.8 Å². The molecule has 0 amide bonds. The van der Waals surface area contributed by atoms with Crippen molar-refractivity contribution in [3.63, 3.8) is 0 Å². The van der Waals surface area contributed by atoms with Crippen LogP contribution < -0.4 is 5.56 Å². The van der Waals surface area contributed by atoms with E-state index < -0.39 is 17.2 Å². The number of nitrogens with zero attached hydrogens (tertiary/aromatic N) is 4. The molecule has 0 atom stereocenters.